The Morgan fingerprint density at radius 3 is 2.83 bits per heavy atom. The Bertz CT molecular complexity index is 763. The zero-order valence-electron chi connectivity index (χ0n) is 9.31. The van der Waals surface area contributed by atoms with E-state index in [4.69, 9.17) is 0 Å². The standard InChI is InChI=1S/C13H9BrN2OS/c14-12-6-5-8(18-12)7-11-13(17)16-10-4-2-1-3-9(10)15-11/h1-6H,7H2,(H,16,17). The van der Waals surface area contributed by atoms with Crippen molar-refractivity contribution < 1.29 is 0 Å². The van der Waals surface area contributed by atoms with E-state index >= 15 is 0 Å². The molecule has 0 aliphatic carbocycles. The molecule has 2 aromatic heterocycles. The Balaban J connectivity index is 2.06. The number of aromatic nitrogens is 2. The highest BCUT2D eigenvalue weighted by Crippen LogP contribution is 2.23. The van der Waals surface area contributed by atoms with Gasteiger partial charge in [-0.1, -0.05) is 12.1 Å². The van der Waals surface area contributed by atoms with Gasteiger partial charge in [-0.05, 0) is 40.2 Å². The second-order valence-corrected chi connectivity index (χ2v) is 6.46. The van der Waals surface area contributed by atoms with Crippen LogP contribution in [0.25, 0.3) is 11.0 Å². The van der Waals surface area contributed by atoms with Crippen molar-refractivity contribution >= 4 is 38.3 Å². The van der Waals surface area contributed by atoms with Crippen molar-refractivity contribution in [1.82, 2.24) is 9.97 Å². The molecule has 0 saturated heterocycles. The predicted molar refractivity (Wildman–Crippen MR) is 77.2 cm³/mol. The van der Waals surface area contributed by atoms with E-state index in [1.807, 2.05) is 36.4 Å². The molecule has 0 unspecified atom stereocenters. The van der Waals surface area contributed by atoms with E-state index in [1.54, 1.807) is 11.3 Å². The third-order valence-corrected chi connectivity index (χ3v) is 4.26. The number of benzene rings is 1. The summed E-state index contributed by atoms with van der Waals surface area (Å²) in [6.45, 7) is 0. The Morgan fingerprint density at radius 1 is 1.22 bits per heavy atom. The molecule has 18 heavy (non-hydrogen) atoms. The minimum Gasteiger partial charge on any atom is -0.319 e. The lowest BCUT2D eigenvalue weighted by Gasteiger charge is -2.00. The number of rotatable bonds is 2. The molecule has 0 radical (unpaired) electrons. The number of nitrogens with one attached hydrogen (secondary N) is 1. The second kappa shape index (κ2) is 4.66. The minimum absolute atomic E-state index is 0.113. The van der Waals surface area contributed by atoms with Crippen molar-refractivity contribution in [3.63, 3.8) is 0 Å². The van der Waals surface area contributed by atoms with Crippen LogP contribution in [0.4, 0.5) is 0 Å². The maximum absolute atomic E-state index is 11.9. The normalized spacial score (nSPS) is 10.9. The third-order valence-electron chi connectivity index (χ3n) is 2.64. The smallest absolute Gasteiger partial charge is 0.270 e. The van der Waals surface area contributed by atoms with E-state index < -0.39 is 0 Å². The lowest BCUT2D eigenvalue weighted by Crippen LogP contribution is -2.15. The summed E-state index contributed by atoms with van der Waals surface area (Å²) in [4.78, 5) is 20.3. The van der Waals surface area contributed by atoms with Crippen LogP contribution in [0.2, 0.25) is 0 Å². The molecule has 1 N–H and O–H groups in total. The SMILES string of the molecule is O=c1[nH]c2ccccc2nc1Cc1ccc(Br)s1. The number of aromatic amines is 1. The fourth-order valence-corrected chi connectivity index (χ4v) is 3.29. The monoisotopic (exact) mass is 320 g/mol. The molecule has 3 nitrogen and oxygen atoms in total. The van der Waals surface area contributed by atoms with Gasteiger partial charge in [0.1, 0.15) is 5.69 Å². The van der Waals surface area contributed by atoms with E-state index in [0.717, 1.165) is 19.7 Å². The molecule has 2 heterocycles. The molecular formula is C13H9BrN2OS. The van der Waals surface area contributed by atoms with Crippen LogP contribution in [0.3, 0.4) is 0 Å². The van der Waals surface area contributed by atoms with Crippen molar-refractivity contribution in [2.24, 2.45) is 0 Å². The van der Waals surface area contributed by atoms with E-state index in [0.29, 0.717) is 12.1 Å². The van der Waals surface area contributed by atoms with Gasteiger partial charge in [0.05, 0.1) is 14.8 Å². The van der Waals surface area contributed by atoms with Crippen molar-refractivity contribution in [1.29, 1.82) is 0 Å². The Hall–Kier alpha value is -1.46. The number of hydrogen-bond donors (Lipinski definition) is 1. The summed E-state index contributed by atoms with van der Waals surface area (Å²) >= 11 is 5.04. The number of H-pyrrole nitrogens is 1. The van der Waals surface area contributed by atoms with Gasteiger partial charge < -0.3 is 4.98 Å². The van der Waals surface area contributed by atoms with Crippen molar-refractivity contribution in [2.45, 2.75) is 6.42 Å². The van der Waals surface area contributed by atoms with Crippen LogP contribution in [-0.2, 0) is 6.42 Å². The summed E-state index contributed by atoms with van der Waals surface area (Å²) in [7, 11) is 0. The van der Waals surface area contributed by atoms with Gasteiger partial charge in [-0.3, -0.25) is 4.79 Å². The van der Waals surface area contributed by atoms with Crippen molar-refractivity contribution in [3.8, 4) is 0 Å². The Labute approximate surface area is 116 Å². The summed E-state index contributed by atoms with van der Waals surface area (Å²) in [5.41, 5.74) is 2.04. The lowest BCUT2D eigenvalue weighted by molar-refractivity contribution is 1.04. The van der Waals surface area contributed by atoms with Gasteiger partial charge in [-0.15, -0.1) is 11.3 Å². The average molecular weight is 321 g/mol. The molecule has 0 aliphatic heterocycles. The second-order valence-electron chi connectivity index (χ2n) is 3.91. The van der Waals surface area contributed by atoms with Crippen LogP contribution in [0.5, 0.6) is 0 Å². The van der Waals surface area contributed by atoms with Gasteiger partial charge in [-0.2, -0.15) is 0 Å². The molecule has 90 valence electrons. The molecule has 0 spiro atoms. The maximum Gasteiger partial charge on any atom is 0.270 e. The van der Waals surface area contributed by atoms with Crippen LogP contribution in [-0.4, -0.2) is 9.97 Å². The summed E-state index contributed by atoms with van der Waals surface area (Å²) in [6, 6.07) is 11.5. The molecule has 3 rings (SSSR count). The summed E-state index contributed by atoms with van der Waals surface area (Å²) in [6.07, 6.45) is 0.566. The highest BCUT2D eigenvalue weighted by Gasteiger charge is 2.07. The number of nitrogens with zero attached hydrogens (tertiary/aromatic N) is 1. The molecule has 1 aromatic carbocycles. The first kappa shape index (κ1) is 11.6. The number of halogens is 1. The quantitative estimate of drug-likeness (QED) is 0.787. The largest absolute Gasteiger partial charge is 0.319 e. The molecule has 0 atom stereocenters. The molecule has 3 aromatic rings. The molecule has 0 bridgehead atoms. The van der Waals surface area contributed by atoms with Crippen LogP contribution in [0, 0.1) is 0 Å². The number of thiophene rings is 1. The molecular weight excluding hydrogens is 312 g/mol. The molecule has 0 fully saturated rings. The fraction of sp³-hybridized carbons (Fsp3) is 0.0769. The topological polar surface area (TPSA) is 45.8 Å². The van der Waals surface area contributed by atoms with E-state index in [9.17, 15) is 4.79 Å². The van der Waals surface area contributed by atoms with Gasteiger partial charge in [0.15, 0.2) is 0 Å². The summed E-state index contributed by atoms with van der Waals surface area (Å²) in [5.74, 6) is 0. The number of para-hydroxylation sites is 2. The summed E-state index contributed by atoms with van der Waals surface area (Å²) in [5, 5.41) is 0. The lowest BCUT2D eigenvalue weighted by atomic mass is 10.2. The van der Waals surface area contributed by atoms with Crippen LogP contribution in [0.15, 0.2) is 45.0 Å². The summed E-state index contributed by atoms with van der Waals surface area (Å²) < 4.78 is 1.06. The van der Waals surface area contributed by atoms with Crippen molar-refractivity contribution in [3.05, 3.63) is 61.1 Å². The number of hydrogen-bond acceptors (Lipinski definition) is 3. The van der Waals surface area contributed by atoms with Gasteiger partial charge in [-0.25, -0.2) is 4.98 Å². The van der Waals surface area contributed by atoms with Crippen molar-refractivity contribution in [2.75, 3.05) is 0 Å². The zero-order valence-corrected chi connectivity index (χ0v) is 11.7. The fourth-order valence-electron chi connectivity index (χ4n) is 1.80. The molecule has 0 saturated carbocycles. The molecule has 0 aliphatic rings. The first-order valence-electron chi connectivity index (χ1n) is 5.44. The Kier molecular flexibility index (Phi) is 3.01. The van der Waals surface area contributed by atoms with E-state index in [-0.39, 0.29) is 5.56 Å². The number of fused-ring (bicyclic) bond motifs is 1. The maximum atomic E-state index is 11.9. The highest BCUT2D eigenvalue weighted by molar-refractivity contribution is 9.11. The third kappa shape index (κ3) is 2.23. The first-order chi connectivity index (χ1) is 8.72. The van der Waals surface area contributed by atoms with E-state index in [2.05, 4.69) is 25.9 Å². The molecule has 0 amide bonds. The van der Waals surface area contributed by atoms with Crippen LogP contribution >= 0.6 is 27.3 Å². The predicted octanol–water partition coefficient (Wildman–Crippen LogP) is 3.34. The van der Waals surface area contributed by atoms with Crippen LogP contribution in [0.1, 0.15) is 10.6 Å². The molecule has 5 heteroatoms. The highest BCUT2D eigenvalue weighted by atomic mass is 79.9. The van der Waals surface area contributed by atoms with Gasteiger partial charge in [0, 0.05) is 11.3 Å². The first-order valence-corrected chi connectivity index (χ1v) is 7.05. The minimum atomic E-state index is -0.113. The van der Waals surface area contributed by atoms with E-state index in [1.165, 1.54) is 0 Å². The van der Waals surface area contributed by atoms with Gasteiger partial charge in [0.2, 0.25) is 0 Å². The average Bonchev–Trinajstić information content (AvgIpc) is 2.76. The van der Waals surface area contributed by atoms with Gasteiger partial charge in [0.25, 0.3) is 5.56 Å². The van der Waals surface area contributed by atoms with Crippen LogP contribution < -0.4 is 5.56 Å². The Morgan fingerprint density at radius 2 is 2.06 bits per heavy atom. The zero-order chi connectivity index (χ0) is 12.5. The van der Waals surface area contributed by atoms with Gasteiger partial charge >= 0.3 is 0 Å².